The maximum Gasteiger partial charge on any atom is 0.419 e. The fraction of sp³-hybridized carbons (Fsp3) is 0.0769. The van der Waals surface area contributed by atoms with Crippen molar-refractivity contribution in [2.45, 2.75) is 6.18 Å². The SMILES string of the molecule is Fc1ccc(-c2cc(Cl)c(Cl)cc2Cl)cc1C(F)(F)F. The maximum absolute atomic E-state index is 13.2. The lowest BCUT2D eigenvalue weighted by molar-refractivity contribution is -0.139. The van der Waals surface area contributed by atoms with Crippen LogP contribution in [0.15, 0.2) is 30.3 Å². The molecule has 0 aliphatic carbocycles. The van der Waals surface area contributed by atoms with Crippen LogP contribution in [-0.2, 0) is 6.18 Å². The first-order valence-electron chi connectivity index (χ1n) is 5.22. The Bertz CT molecular complexity index is 665. The Labute approximate surface area is 126 Å². The molecule has 20 heavy (non-hydrogen) atoms. The average molecular weight is 344 g/mol. The third-order valence-electron chi connectivity index (χ3n) is 2.59. The molecule has 0 radical (unpaired) electrons. The predicted molar refractivity (Wildman–Crippen MR) is 71.9 cm³/mol. The number of alkyl halides is 3. The fourth-order valence-electron chi connectivity index (χ4n) is 1.65. The highest BCUT2D eigenvalue weighted by Crippen LogP contribution is 2.38. The molecule has 7 heteroatoms. The molecule has 0 saturated heterocycles. The van der Waals surface area contributed by atoms with Crippen LogP contribution < -0.4 is 0 Å². The largest absolute Gasteiger partial charge is 0.419 e. The van der Waals surface area contributed by atoms with Gasteiger partial charge in [0.05, 0.1) is 15.6 Å². The normalized spacial score (nSPS) is 11.8. The van der Waals surface area contributed by atoms with Crippen molar-refractivity contribution in [3.05, 3.63) is 56.8 Å². The van der Waals surface area contributed by atoms with E-state index in [1.54, 1.807) is 0 Å². The molecule has 0 heterocycles. The monoisotopic (exact) mass is 342 g/mol. The molecule has 0 spiro atoms. The number of benzene rings is 2. The van der Waals surface area contributed by atoms with Gasteiger partial charge in [0.2, 0.25) is 0 Å². The minimum atomic E-state index is -4.79. The van der Waals surface area contributed by atoms with Crippen molar-refractivity contribution < 1.29 is 17.6 Å². The zero-order valence-electron chi connectivity index (χ0n) is 9.53. The van der Waals surface area contributed by atoms with Crippen LogP contribution in [0.4, 0.5) is 17.6 Å². The van der Waals surface area contributed by atoms with Crippen molar-refractivity contribution in [2.75, 3.05) is 0 Å². The Kier molecular flexibility index (Phi) is 4.19. The highest BCUT2D eigenvalue weighted by molar-refractivity contribution is 6.44. The molecule has 0 nitrogen and oxygen atoms in total. The molecule has 0 aromatic heterocycles. The van der Waals surface area contributed by atoms with Gasteiger partial charge in [0, 0.05) is 10.6 Å². The Morgan fingerprint density at radius 2 is 1.40 bits per heavy atom. The molecular weight excluding hydrogens is 338 g/mol. The van der Waals surface area contributed by atoms with Crippen LogP contribution in [0.25, 0.3) is 11.1 Å². The van der Waals surface area contributed by atoms with Crippen molar-refractivity contribution >= 4 is 34.8 Å². The molecule has 2 aromatic rings. The van der Waals surface area contributed by atoms with Gasteiger partial charge in [0.15, 0.2) is 0 Å². The maximum atomic E-state index is 13.2. The summed E-state index contributed by atoms with van der Waals surface area (Å²) in [6, 6.07) is 5.25. The first kappa shape index (κ1) is 15.4. The number of hydrogen-bond donors (Lipinski definition) is 0. The zero-order chi connectivity index (χ0) is 15.1. The minimum absolute atomic E-state index is 0.0993. The molecule has 0 aliphatic heterocycles. The van der Waals surface area contributed by atoms with Crippen molar-refractivity contribution in [3.8, 4) is 11.1 Å². The summed E-state index contributed by atoms with van der Waals surface area (Å²) in [6.45, 7) is 0. The van der Waals surface area contributed by atoms with Gasteiger partial charge in [0.1, 0.15) is 5.82 Å². The second-order valence-electron chi connectivity index (χ2n) is 3.94. The molecule has 0 atom stereocenters. The molecule has 0 unspecified atom stereocenters. The average Bonchev–Trinajstić information content (AvgIpc) is 2.33. The van der Waals surface area contributed by atoms with Gasteiger partial charge in [-0.25, -0.2) is 4.39 Å². The quantitative estimate of drug-likeness (QED) is 0.411. The molecule has 0 fully saturated rings. The summed E-state index contributed by atoms with van der Waals surface area (Å²) in [7, 11) is 0. The highest BCUT2D eigenvalue weighted by atomic mass is 35.5. The molecule has 2 aromatic carbocycles. The summed E-state index contributed by atoms with van der Waals surface area (Å²) in [5.74, 6) is -1.35. The molecule has 0 bridgehead atoms. The van der Waals surface area contributed by atoms with E-state index in [4.69, 9.17) is 34.8 Å². The van der Waals surface area contributed by atoms with Crippen LogP contribution in [0.3, 0.4) is 0 Å². The molecule has 0 saturated carbocycles. The van der Waals surface area contributed by atoms with Crippen LogP contribution in [0.1, 0.15) is 5.56 Å². The summed E-state index contributed by atoms with van der Waals surface area (Å²) >= 11 is 17.5. The van der Waals surface area contributed by atoms with Crippen molar-refractivity contribution in [3.63, 3.8) is 0 Å². The predicted octanol–water partition coefficient (Wildman–Crippen LogP) is 6.47. The Morgan fingerprint density at radius 1 is 0.800 bits per heavy atom. The first-order chi connectivity index (χ1) is 9.20. The van der Waals surface area contributed by atoms with E-state index in [9.17, 15) is 17.6 Å². The Morgan fingerprint density at radius 3 is 2.00 bits per heavy atom. The second kappa shape index (κ2) is 5.43. The molecule has 0 N–H and O–H groups in total. The number of halogens is 7. The second-order valence-corrected chi connectivity index (χ2v) is 5.16. The minimum Gasteiger partial charge on any atom is -0.206 e. The van der Waals surface area contributed by atoms with Crippen LogP contribution >= 0.6 is 34.8 Å². The summed E-state index contributed by atoms with van der Waals surface area (Å²) in [5.41, 5.74) is -1.02. The third kappa shape index (κ3) is 3.03. The van der Waals surface area contributed by atoms with Crippen LogP contribution in [0, 0.1) is 5.82 Å². The van der Waals surface area contributed by atoms with Gasteiger partial charge in [-0.2, -0.15) is 13.2 Å². The first-order valence-corrected chi connectivity index (χ1v) is 6.35. The number of hydrogen-bond acceptors (Lipinski definition) is 0. The lowest BCUT2D eigenvalue weighted by atomic mass is 10.0. The lowest BCUT2D eigenvalue weighted by Crippen LogP contribution is -2.08. The number of rotatable bonds is 1. The topological polar surface area (TPSA) is 0 Å². The van der Waals surface area contributed by atoms with E-state index in [0.717, 1.165) is 6.07 Å². The molecule has 0 amide bonds. The van der Waals surface area contributed by atoms with Gasteiger partial charge in [0.25, 0.3) is 0 Å². The fourth-order valence-corrected chi connectivity index (χ4v) is 2.31. The lowest BCUT2D eigenvalue weighted by Gasteiger charge is -2.12. The van der Waals surface area contributed by atoms with Gasteiger partial charge >= 0.3 is 6.18 Å². The highest BCUT2D eigenvalue weighted by Gasteiger charge is 2.34. The van der Waals surface area contributed by atoms with Gasteiger partial charge in [-0.15, -0.1) is 0 Å². The Hall–Kier alpha value is -0.970. The van der Waals surface area contributed by atoms with E-state index in [2.05, 4.69) is 0 Å². The summed E-state index contributed by atoms with van der Waals surface area (Å²) in [5, 5.41) is 0.446. The third-order valence-corrected chi connectivity index (χ3v) is 3.63. The van der Waals surface area contributed by atoms with Crippen LogP contribution in [-0.4, -0.2) is 0 Å². The van der Waals surface area contributed by atoms with Crippen molar-refractivity contribution in [1.82, 2.24) is 0 Å². The summed E-state index contributed by atoms with van der Waals surface area (Å²) in [4.78, 5) is 0. The van der Waals surface area contributed by atoms with Crippen LogP contribution in [0.2, 0.25) is 15.1 Å². The van der Waals surface area contributed by atoms with E-state index < -0.39 is 17.6 Å². The van der Waals surface area contributed by atoms with E-state index in [0.29, 0.717) is 6.07 Å². The van der Waals surface area contributed by atoms with Gasteiger partial charge in [-0.1, -0.05) is 40.9 Å². The van der Waals surface area contributed by atoms with E-state index in [-0.39, 0.29) is 26.2 Å². The Balaban J connectivity index is 2.63. The standard InChI is InChI=1S/C13H5Cl3F4/c14-9-5-11(16)10(15)4-7(9)6-1-2-12(17)8(3-6)13(18,19)20/h1-5H. The van der Waals surface area contributed by atoms with Crippen LogP contribution in [0.5, 0.6) is 0 Å². The smallest absolute Gasteiger partial charge is 0.206 e. The summed E-state index contributed by atoms with van der Waals surface area (Å²) < 4.78 is 51.2. The van der Waals surface area contributed by atoms with Crippen molar-refractivity contribution in [2.24, 2.45) is 0 Å². The zero-order valence-corrected chi connectivity index (χ0v) is 11.8. The van der Waals surface area contributed by atoms with Crippen molar-refractivity contribution in [1.29, 1.82) is 0 Å². The molecule has 106 valence electrons. The van der Waals surface area contributed by atoms with Gasteiger partial charge < -0.3 is 0 Å². The van der Waals surface area contributed by atoms with Gasteiger partial charge in [-0.3, -0.25) is 0 Å². The van der Waals surface area contributed by atoms with E-state index >= 15 is 0 Å². The summed E-state index contributed by atoms with van der Waals surface area (Å²) in [6.07, 6.45) is -4.79. The molecular formula is C13H5Cl3F4. The van der Waals surface area contributed by atoms with E-state index in [1.165, 1.54) is 18.2 Å². The molecule has 2 rings (SSSR count). The van der Waals surface area contributed by atoms with E-state index in [1.807, 2.05) is 0 Å². The molecule has 0 aliphatic rings. The van der Waals surface area contributed by atoms with Gasteiger partial charge in [-0.05, 0) is 29.8 Å².